The third-order valence-electron chi connectivity index (χ3n) is 7.77. The summed E-state index contributed by atoms with van der Waals surface area (Å²) in [6.45, 7) is 0.940. The Labute approximate surface area is 179 Å². The molecule has 0 aromatic heterocycles. The van der Waals surface area contributed by atoms with Gasteiger partial charge in [0.25, 0.3) is 0 Å². The topological polar surface area (TPSA) is 49.4 Å². The first-order valence-corrected chi connectivity index (χ1v) is 11.8. The average molecular weight is 463 g/mol. The highest BCUT2D eigenvalue weighted by Gasteiger charge is 2.56. The SMILES string of the molecule is O=C(NCc1cc(F)ccc1Br)C1CCCN1C(=O)C12CC3CC(CC(C3)C1)C2. The second-order valence-corrected chi connectivity index (χ2v) is 10.7. The first-order valence-electron chi connectivity index (χ1n) is 11.0. The Balaban J connectivity index is 1.28. The number of rotatable bonds is 4. The van der Waals surface area contributed by atoms with Gasteiger partial charge in [-0.3, -0.25) is 9.59 Å². The molecule has 6 heteroatoms. The molecule has 156 valence electrons. The van der Waals surface area contributed by atoms with Gasteiger partial charge < -0.3 is 10.2 Å². The summed E-state index contributed by atoms with van der Waals surface area (Å²) in [7, 11) is 0. The number of benzene rings is 1. The molecule has 1 saturated heterocycles. The monoisotopic (exact) mass is 462 g/mol. The lowest BCUT2D eigenvalue weighted by atomic mass is 9.49. The van der Waals surface area contributed by atoms with Gasteiger partial charge in [0, 0.05) is 17.6 Å². The normalized spacial score (nSPS) is 35.2. The minimum atomic E-state index is -0.386. The van der Waals surface area contributed by atoms with Gasteiger partial charge in [-0.05, 0) is 92.9 Å². The van der Waals surface area contributed by atoms with Crippen molar-refractivity contribution < 1.29 is 14.0 Å². The van der Waals surface area contributed by atoms with Crippen LogP contribution in [0.15, 0.2) is 22.7 Å². The number of nitrogens with zero attached hydrogens (tertiary/aromatic N) is 1. The van der Waals surface area contributed by atoms with Gasteiger partial charge in [-0.15, -0.1) is 0 Å². The van der Waals surface area contributed by atoms with Crippen LogP contribution in [0, 0.1) is 29.0 Å². The molecule has 5 fully saturated rings. The van der Waals surface area contributed by atoms with E-state index in [0.717, 1.165) is 30.2 Å². The first-order chi connectivity index (χ1) is 13.9. The van der Waals surface area contributed by atoms with E-state index in [1.54, 1.807) is 6.07 Å². The highest BCUT2D eigenvalue weighted by atomic mass is 79.9. The first kappa shape index (κ1) is 19.5. The molecule has 4 bridgehead atoms. The van der Waals surface area contributed by atoms with Crippen LogP contribution in [0.25, 0.3) is 0 Å². The Morgan fingerprint density at radius 3 is 2.45 bits per heavy atom. The van der Waals surface area contributed by atoms with Gasteiger partial charge >= 0.3 is 0 Å². The zero-order valence-corrected chi connectivity index (χ0v) is 18.2. The van der Waals surface area contributed by atoms with E-state index >= 15 is 0 Å². The minimum absolute atomic E-state index is 0.114. The Hall–Kier alpha value is -1.43. The standard InChI is InChI=1S/C23H28BrFN2O2/c24-19-4-3-18(25)9-17(19)13-26-21(28)20-2-1-5-27(20)22(29)23-10-14-6-15(11-23)8-16(7-14)12-23/h3-4,9,14-16,20H,1-2,5-8,10-13H2,(H,26,28). The highest BCUT2D eigenvalue weighted by molar-refractivity contribution is 9.10. The number of carbonyl (C=O) groups is 2. The van der Waals surface area contributed by atoms with Crippen LogP contribution < -0.4 is 5.32 Å². The Morgan fingerprint density at radius 2 is 1.79 bits per heavy atom. The molecule has 1 aliphatic heterocycles. The number of nitrogens with one attached hydrogen (secondary N) is 1. The van der Waals surface area contributed by atoms with Crippen molar-refractivity contribution in [1.29, 1.82) is 0 Å². The fourth-order valence-corrected chi connectivity index (χ4v) is 7.33. The van der Waals surface area contributed by atoms with Gasteiger partial charge in [-0.2, -0.15) is 0 Å². The molecule has 4 aliphatic carbocycles. The molecular formula is C23H28BrFN2O2. The number of carbonyl (C=O) groups excluding carboxylic acids is 2. The summed E-state index contributed by atoms with van der Waals surface area (Å²) < 4.78 is 14.3. The lowest BCUT2D eigenvalue weighted by Gasteiger charge is -2.56. The molecule has 29 heavy (non-hydrogen) atoms. The van der Waals surface area contributed by atoms with Crippen molar-refractivity contribution in [1.82, 2.24) is 10.2 Å². The van der Waals surface area contributed by atoms with Crippen LogP contribution in [0.5, 0.6) is 0 Å². The van der Waals surface area contributed by atoms with Crippen LogP contribution in [0.3, 0.4) is 0 Å². The molecule has 2 amide bonds. The molecule has 4 nitrogen and oxygen atoms in total. The van der Waals surface area contributed by atoms with Crippen molar-refractivity contribution in [2.75, 3.05) is 6.54 Å². The van der Waals surface area contributed by atoms with E-state index in [9.17, 15) is 14.0 Å². The quantitative estimate of drug-likeness (QED) is 0.719. The summed E-state index contributed by atoms with van der Waals surface area (Å²) in [6, 6.07) is 4.08. The predicted octanol–water partition coefficient (Wildman–Crippen LogP) is 4.41. The van der Waals surface area contributed by atoms with Crippen molar-refractivity contribution in [2.45, 2.75) is 64.0 Å². The van der Waals surface area contributed by atoms with Crippen molar-refractivity contribution >= 4 is 27.7 Å². The molecule has 1 heterocycles. The number of halogens is 2. The van der Waals surface area contributed by atoms with Crippen LogP contribution >= 0.6 is 15.9 Å². The molecule has 1 atom stereocenters. The molecule has 4 saturated carbocycles. The molecule has 1 N–H and O–H groups in total. The van der Waals surface area contributed by atoms with Gasteiger partial charge in [-0.1, -0.05) is 15.9 Å². The molecule has 1 aromatic carbocycles. The van der Waals surface area contributed by atoms with Gasteiger partial charge in [0.2, 0.25) is 11.8 Å². The lowest BCUT2D eigenvalue weighted by Crippen LogP contribution is -2.57. The van der Waals surface area contributed by atoms with E-state index in [0.29, 0.717) is 36.3 Å². The van der Waals surface area contributed by atoms with Crippen molar-refractivity contribution in [3.8, 4) is 0 Å². The Bertz CT molecular complexity index is 807. The average Bonchev–Trinajstić information content (AvgIpc) is 3.16. The third-order valence-corrected chi connectivity index (χ3v) is 8.54. The lowest BCUT2D eigenvalue weighted by molar-refractivity contribution is -0.160. The van der Waals surface area contributed by atoms with Crippen LogP contribution in [-0.4, -0.2) is 29.3 Å². The van der Waals surface area contributed by atoms with Gasteiger partial charge in [-0.25, -0.2) is 4.39 Å². The van der Waals surface area contributed by atoms with Crippen molar-refractivity contribution in [3.05, 3.63) is 34.1 Å². The van der Waals surface area contributed by atoms with Crippen molar-refractivity contribution in [2.24, 2.45) is 23.2 Å². The van der Waals surface area contributed by atoms with E-state index in [1.165, 1.54) is 31.4 Å². The molecule has 1 aromatic rings. The maximum absolute atomic E-state index is 13.7. The number of amides is 2. The fourth-order valence-electron chi connectivity index (χ4n) is 6.94. The smallest absolute Gasteiger partial charge is 0.243 e. The van der Waals surface area contributed by atoms with E-state index in [2.05, 4.69) is 21.2 Å². The van der Waals surface area contributed by atoms with E-state index in [1.807, 2.05) is 4.90 Å². The zero-order valence-electron chi connectivity index (χ0n) is 16.6. The van der Waals surface area contributed by atoms with Crippen LogP contribution in [0.1, 0.15) is 56.9 Å². The summed E-state index contributed by atoms with van der Waals surface area (Å²) in [5.74, 6) is 1.94. The zero-order chi connectivity index (χ0) is 20.2. The summed E-state index contributed by atoms with van der Waals surface area (Å²) in [5.41, 5.74) is 0.499. The minimum Gasteiger partial charge on any atom is -0.350 e. The molecular weight excluding hydrogens is 435 g/mol. The van der Waals surface area contributed by atoms with Gasteiger partial charge in [0.1, 0.15) is 11.9 Å². The van der Waals surface area contributed by atoms with Crippen LogP contribution in [0.4, 0.5) is 4.39 Å². The summed E-state index contributed by atoms with van der Waals surface area (Å²) in [4.78, 5) is 28.5. The van der Waals surface area contributed by atoms with Crippen LogP contribution in [-0.2, 0) is 16.1 Å². The summed E-state index contributed by atoms with van der Waals surface area (Å²) in [5, 5.41) is 2.94. The second-order valence-electron chi connectivity index (χ2n) is 9.81. The molecule has 0 spiro atoms. The van der Waals surface area contributed by atoms with E-state index < -0.39 is 0 Å². The molecule has 0 radical (unpaired) electrons. The predicted molar refractivity (Wildman–Crippen MR) is 111 cm³/mol. The largest absolute Gasteiger partial charge is 0.350 e. The van der Waals surface area contributed by atoms with E-state index in [-0.39, 0.29) is 35.6 Å². The molecule has 5 aliphatic rings. The fraction of sp³-hybridized carbons (Fsp3) is 0.652. The number of hydrogen-bond acceptors (Lipinski definition) is 2. The summed E-state index contributed by atoms with van der Waals surface area (Å²) in [6.07, 6.45) is 8.59. The maximum Gasteiger partial charge on any atom is 0.243 e. The van der Waals surface area contributed by atoms with Gasteiger partial charge in [0.15, 0.2) is 0 Å². The second kappa shape index (κ2) is 7.36. The maximum atomic E-state index is 13.7. The summed E-state index contributed by atoms with van der Waals surface area (Å²) >= 11 is 3.41. The number of likely N-dealkylation sites (tertiary alicyclic amines) is 1. The van der Waals surface area contributed by atoms with E-state index in [4.69, 9.17) is 0 Å². The third kappa shape index (κ3) is 3.51. The number of hydrogen-bond donors (Lipinski definition) is 1. The van der Waals surface area contributed by atoms with Gasteiger partial charge in [0.05, 0.1) is 5.41 Å². The molecule has 1 unspecified atom stereocenters. The Kier molecular flexibility index (Phi) is 4.96. The molecule has 6 rings (SSSR count). The Morgan fingerprint density at radius 1 is 1.14 bits per heavy atom. The van der Waals surface area contributed by atoms with Crippen LogP contribution in [0.2, 0.25) is 0 Å². The van der Waals surface area contributed by atoms with Crippen molar-refractivity contribution in [3.63, 3.8) is 0 Å². The highest BCUT2D eigenvalue weighted by Crippen LogP contribution is 2.60.